The summed E-state index contributed by atoms with van der Waals surface area (Å²) in [5.41, 5.74) is 7.88. The van der Waals surface area contributed by atoms with Crippen LogP contribution in [-0.4, -0.2) is 23.3 Å². The van der Waals surface area contributed by atoms with Crippen LogP contribution >= 0.6 is 0 Å². The molecule has 2 aromatic rings. The molecule has 0 spiro atoms. The topological polar surface area (TPSA) is 92.4 Å². The van der Waals surface area contributed by atoms with Gasteiger partial charge in [0, 0.05) is 12.1 Å². The van der Waals surface area contributed by atoms with Crippen molar-refractivity contribution in [1.82, 2.24) is 5.32 Å². The lowest BCUT2D eigenvalue weighted by atomic mass is 9.84. The molecule has 5 heteroatoms. The fraction of sp³-hybridized carbons (Fsp3) is 0.300. The predicted molar refractivity (Wildman–Crippen MR) is 97.8 cm³/mol. The summed E-state index contributed by atoms with van der Waals surface area (Å²) in [7, 11) is 0. The van der Waals surface area contributed by atoms with Gasteiger partial charge in [0.25, 0.3) is 5.91 Å². The monoisotopic (exact) mass is 340 g/mol. The summed E-state index contributed by atoms with van der Waals surface area (Å²) in [5, 5.41) is 12.7. The largest absolute Gasteiger partial charge is 0.507 e. The number of Topliss-reactive ketones (excluding diaryl/α,β-unsaturated/α-hetero) is 1. The highest BCUT2D eigenvalue weighted by atomic mass is 16.3. The summed E-state index contributed by atoms with van der Waals surface area (Å²) < 4.78 is 0. The van der Waals surface area contributed by atoms with E-state index in [-0.39, 0.29) is 29.1 Å². The number of carbonyl (C=O) groups excluding carboxylic acids is 2. The van der Waals surface area contributed by atoms with Crippen molar-refractivity contribution in [3.05, 3.63) is 64.7 Å². The number of phenols is 1. The Kier molecular flexibility index (Phi) is 5.59. The van der Waals surface area contributed by atoms with Gasteiger partial charge in [-0.05, 0) is 34.7 Å². The second kappa shape index (κ2) is 7.49. The van der Waals surface area contributed by atoms with Crippen molar-refractivity contribution < 1.29 is 14.7 Å². The summed E-state index contributed by atoms with van der Waals surface area (Å²) in [4.78, 5) is 23.6. The number of rotatable bonds is 6. The molecule has 0 aliphatic rings. The first-order chi connectivity index (χ1) is 11.7. The zero-order chi connectivity index (χ0) is 18.6. The van der Waals surface area contributed by atoms with Crippen molar-refractivity contribution in [3.63, 3.8) is 0 Å². The third-order valence-corrected chi connectivity index (χ3v) is 4.01. The van der Waals surface area contributed by atoms with Gasteiger partial charge in [0.05, 0.1) is 12.1 Å². The fourth-order valence-electron chi connectivity index (χ4n) is 2.73. The third kappa shape index (κ3) is 4.67. The Hall–Kier alpha value is -2.66. The SMILES string of the molecule is CC(C)(C)c1ccccc1CNCC(=O)c1ccc(O)c(C(N)=O)c1. The second-order valence-electron chi connectivity index (χ2n) is 7.03. The molecule has 0 atom stereocenters. The number of nitrogens with two attached hydrogens (primary N) is 1. The van der Waals surface area contributed by atoms with E-state index < -0.39 is 5.91 Å². The maximum atomic E-state index is 12.3. The summed E-state index contributed by atoms with van der Waals surface area (Å²) >= 11 is 0. The van der Waals surface area contributed by atoms with Crippen LogP contribution in [-0.2, 0) is 12.0 Å². The van der Waals surface area contributed by atoms with Crippen LogP contribution in [0.25, 0.3) is 0 Å². The molecule has 2 rings (SSSR count). The van der Waals surface area contributed by atoms with Crippen LogP contribution in [0.15, 0.2) is 42.5 Å². The number of nitrogens with one attached hydrogen (secondary N) is 1. The average molecular weight is 340 g/mol. The summed E-state index contributed by atoms with van der Waals surface area (Å²) in [6, 6.07) is 12.2. The second-order valence-corrected chi connectivity index (χ2v) is 7.03. The van der Waals surface area contributed by atoms with E-state index in [4.69, 9.17) is 5.73 Å². The van der Waals surface area contributed by atoms with Gasteiger partial charge >= 0.3 is 0 Å². The Balaban J connectivity index is 2.05. The maximum Gasteiger partial charge on any atom is 0.252 e. The minimum absolute atomic E-state index is 0.0234. The Morgan fingerprint density at radius 1 is 1.12 bits per heavy atom. The number of aromatic hydroxyl groups is 1. The van der Waals surface area contributed by atoms with Gasteiger partial charge in [0.15, 0.2) is 5.78 Å². The Bertz CT molecular complexity index is 792. The number of hydrogen-bond donors (Lipinski definition) is 3. The van der Waals surface area contributed by atoms with Gasteiger partial charge < -0.3 is 16.2 Å². The molecule has 0 fully saturated rings. The smallest absolute Gasteiger partial charge is 0.252 e. The Morgan fingerprint density at radius 2 is 1.80 bits per heavy atom. The zero-order valence-corrected chi connectivity index (χ0v) is 14.8. The molecular weight excluding hydrogens is 316 g/mol. The first kappa shape index (κ1) is 18.7. The van der Waals surface area contributed by atoms with Gasteiger partial charge in [-0.2, -0.15) is 0 Å². The molecule has 0 aliphatic carbocycles. The van der Waals surface area contributed by atoms with Gasteiger partial charge in [-0.25, -0.2) is 0 Å². The quantitative estimate of drug-likeness (QED) is 0.705. The molecule has 0 unspecified atom stereocenters. The van der Waals surface area contributed by atoms with Crippen molar-refractivity contribution in [2.45, 2.75) is 32.7 Å². The molecule has 0 heterocycles. The molecule has 2 aromatic carbocycles. The third-order valence-electron chi connectivity index (χ3n) is 4.01. The molecule has 25 heavy (non-hydrogen) atoms. The van der Waals surface area contributed by atoms with Gasteiger partial charge in [-0.3, -0.25) is 9.59 Å². The van der Waals surface area contributed by atoms with Crippen LogP contribution in [0.5, 0.6) is 5.75 Å². The number of carbonyl (C=O) groups is 2. The Labute approximate surface area is 147 Å². The van der Waals surface area contributed by atoms with Crippen LogP contribution in [0.1, 0.15) is 52.6 Å². The molecule has 5 nitrogen and oxygen atoms in total. The van der Waals surface area contributed by atoms with Crippen molar-refractivity contribution in [2.24, 2.45) is 5.73 Å². The van der Waals surface area contributed by atoms with Crippen LogP contribution in [0.4, 0.5) is 0 Å². The summed E-state index contributed by atoms with van der Waals surface area (Å²) in [5.74, 6) is -1.16. The van der Waals surface area contributed by atoms with Crippen molar-refractivity contribution in [2.75, 3.05) is 6.54 Å². The molecule has 4 N–H and O–H groups in total. The minimum atomic E-state index is -0.765. The number of primary amides is 1. The summed E-state index contributed by atoms with van der Waals surface area (Å²) in [6.07, 6.45) is 0. The molecule has 132 valence electrons. The average Bonchev–Trinajstić information content (AvgIpc) is 2.54. The fourth-order valence-corrected chi connectivity index (χ4v) is 2.73. The van der Waals surface area contributed by atoms with E-state index in [0.717, 1.165) is 5.56 Å². The van der Waals surface area contributed by atoms with Crippen LogP contribution in [0.2, 0.25) is 0 Å². The molecular formula is C20H24N2O3. The van der Waals surface area contributed by atoms with E-state index in [1.165, 1.54) is 23.8 Å². The van der Waals surface area contributed by atoms with E-state index in [0.29, 0.717) is 12.1 Å². The molecule has 0 bridgehead atoms. The van der Waals surface area contributed by atoms with E-state index in [2.05, 4.69) is 32.2 Å². The van der Waals surface area contributed by atoms with Gasteiger partial charge in [0.1, 0.15) is 5.75 Å². The number of hydrogen-bond acceptors (Lipinski definition) is 4. The zero-order valence-electron chi connectivity index (χ0n) is 14.8. The Morgan fingerprint density at radius 3 is 2.44 bits per heavy atom. The van der Waals surface area contributed by atoms with E-state index in [1.54, 1.807) is 0 Å². The highest BCUT2D eigenvalue weighted by molar-refractivity contribution is 6.02. The van der Waals surface area contributed by atoms with Gasteiger partial charge in [-0.1, -0.05) is 45.0 Å². The molecule has 0 saturated heterocycles. The normalized spacial score (nSPS) is 11.3. The van der Waals surface area contributed by atoms with Gasteiger partial charge in [-0.15, -0.1) is 0 Å². The summed E-state index contributed by atoms with van der Waals surface area (Å²) in [6.45, 7) is 7.15. The number of benzene rings is 2. The minimum Gasteiger partial charge on any atom is -0.507 e. The van der Waals surface area contributed by atoms with Crippen molar-refractivity contribution in [1.29, 1.82) is 0 Å². The van der Waals surface area contributed by atoms with Crippen LogP contribution < -0.4 is 11.1 Å². The maximum absolute atomic E-state index is 12.3. The lowest BCUT2D eigenvalue weighted by molar-refractivity contribution is 0.0990. The van der Waals surface area contributed by atoms with Gasteiger partial charge in [0.2, 0.25) is 0 Å². The molecule has 0 aromatic heterocycles. The van der Waals surface area contributed by atoms with Crippen molar-refractivity contribution in [3.8, 4) is 5.75 Å². The van der Waals surface area contributed by atoms with E-state index in [1.807, 2.05) is 18.2 Å². The van der Waals surface area contributed by atoms with Crippen LogP contribution in [0, 0.1) is 0 Å². The first-order valence-corrected chi connectivity index (χ1v) is 8.15. The molecule has 0 aliphatic heterocycles. The molecule has 1 amide bonds. The standard InChI is InChI=1S/C20H24N2O3/c1-20(2,3)16-7-5-4-6-14(16)11-22-12-18(24)13-8-9-17(23)15(10-13)19(21)25/h4-10,22-23H,11-12H2,1-3H3,(H2,21,25). The van der Waals surface area contributed by atoms with Crippen molar-refractivity contribution >= 4 is 11.7 Å². The van der Waals surface area contributed by atoms with Crippen LogP contribution in [0.3, 0.4) is 0 Å². The number of amides is 1. The van der Waals surface area contributed by atoms with E-state index >= 15 is 0 Å². The predicted octanol–water partition coefficient (Wildman–Crippen LogP) is 2.76. The number of ketones is 1. The highest BCUT2D eigenvalue weighted by Gasteiger charge is 2.17. The lowest BCUT2D eigenvalue weighted by Gasteiger charge is -2.23. The van der Waals surface area contributed by atoms with E-state index in [9.17, 15) is 14.7 Å². The molecule has 0 radical (unpaired) electrons. The lowest BCUT2D eigenvalue weighted by Crippen LogP contribution is -2.25. The highest BCUT2D eigenvalue weighted by Crippen LogP contribution is 2.25. The molecule has 0 saturated carbocycles. The first-order valence-electron chi connectivity index (χ1n) is 8.15.